The van der Waals surface area contributed by atoms with Gasteiger partial charge in [0.1, 0.15) is 0 Å². The predicted molar refractivity (Wildman–Crippen MR) is 107 cm³/mol. The van der Waals surface area contributed by atoms with Crippen LogP contribution in [0.5, 0.6) is 0 Å². The molecular weight excluding hydrogens is 378 g/mol. The van der Waals surface area contributed by atoms with E-state index in [0.717, 1.165) is 47.3 Å². The molecular formula is C20H25N3O4S. The zero-order chi connectivity index (χ0) is 20.0. The maximum atomic E-state index is 12.4. The first-order valence-corrected chi connectivity index (χ1v) is 10.3. The van der Waals surface area contributed by atoms with Crippen molar-refractivity contribution in [2.45, 2.75) is 44.9 Å². The van der Waals surface area contributed by atoms with E-state index in [0.29, 0.717) is 0 Å². The molecule has 0 bridgehead atoms. The fourth-order valence-electron chi connectivity index (χ4n) is 3.77. The van der Waals surface area contributed by atoms with Crippen LogP contribution >= 0.6 is 11.3 Å². The van der Waals surface area contributed by atoms with Crippen LogP contribution < -0.4 is 11.1 Å². The number of rotatable bonds is 8. The zero-order valence-electron chi connectivity index (χ0n) is 15.7. The Morgan fingerprint density at radius 2 is 1.93 bits per heavy atom. The summed E-state index contributed by atoms with van der Waals surface area (Å²) >= 11 is 1.67. The second kappa shape index (κ2) is 9.14. The number of para-hydroxylation sites is 1. The van der Waals surface area contributed by atoms with Crippen molar-refractivity contribution in [2.75, 3.05) is 13.2 Å². The molecule has 1 fully saturated rings. The summed E-state index contributed by atoms with van der Waals surface area (Å²) in [6.45, 7) is -0.665. The van der Waals surface area contributed by atoms with Gasteiger partial charge in [-0.15, -0.1) is 11.3 Å². The molecule has 0 atom stereocenters. The maximum absolute atomic E-state index is 12.4. The Morgan fingerprint density at radius 3 is 2.64 bits per heavy atom. The van der Waals surface area contributed by atoms with Crippen LogP contribution in [0, 0.1) is 5.41 Å². The summed E-state index contributed by atoms with van der Waals surface area (Å²) in [5.74, 6) is -1.56. The third-order valence-electron chi connectivity index (χ3n) is 5.12. The number of nitrogens with zero attached hydrogens (tertiary/aromatic N) is 1. The summed E-state index contributed by atoms with van der Waals surface area (Å²) in [4.78, 5) is 39.4. The molecule has 0 aliphatic heterocycles. The third-order valence-corrected chi connectivity index (χ3v) is 6.16. The van der Waals surface area contributed by atoms with Crippen LogP contribution in [0.1, 0.15) is 43.5 Å². The van der Waals surface area contributed by atoms with Gasteiger partial charge in [0.25, 0.3) is 5.91 Å². The second-order valence-electron chi connectivity index (χ2n) is 7.39. The predicted octanol–water partition coefficient (Wildman–Crippen LogP) is 2.32. The number of amides is 2. The lowest BCUT2D eigenvalue weighted by Crippen LogP contribution is -2.36. The molecule has 2 amide bonds. The number of fused-ring (bicyclic) bond motifs is 1. The molecule has 1 aromatic carbocycles. The van der Waals surface area contributed by atoms with Crippen LogP contribution in [-0.4, -0.2) is 35.9 Å². The van der Waals surface area contributed by atoms with Crippen molar-refractivity contribution in [3.63, 3.8) is 0 Å². The van der Waals surface area contributed by atoms with Crippen molar-refractivity contribution in [1.29, 1.82) is 0 Å². The lowest BCUT2D eigenvalue weighted by Gasteiger charge is -2.36. The molecule has 7 nitrogen and oxygen atoms in total. The van der Waals surface area contributed by atoms with Gasteiger partial charge in [0.05, 0.1) is 28.2 Å². The molecule has 3 rings (SSSR count). The Bertz CT molecular complexity index is 825. The van der Waals surface area contributed by atoms with Crippen LogP contribution in [-0.2, 0) is 25.5 Å². The van der Waals surface area contributed by atoms with Gasteiger partial charge in [-0.05, 0) is 30.4 Å². The van der Waals surface area contributed by atoms with E-state index in [1.54, 1.807) is 11.3 Å². The minimum absolute atomic E-state index is 0.174. The number of primary amides is 1. The first kappa shape index (κ1) is 20.3. The number of thiazole rings is 1. The molecule has 28 heavy (non-hydrogen) atoms. The highest BCUT2D eigenvalue weighted by atomic mass is 32.1. The SMILES string of the molecule is NC(=O)CNC(=O)COC(=O)CC1(Cc2nc3ccccc3s2)CCCCC1. The zero-order valence-corrected chi connectivity index (χ0v) is 16.6. The van der Waals surface area contributed by atoms with Crippen LogP contribution in [0.3, 0.4) is 0 Å². The van der Waals surface area contributed by atoms with E-state index in [9.17, 15) is 14.4 Å². The van der Waals surface area contributed by atoms with Crippen LogP contribution in [0.15, 0.2) is 24.3 Å². The van der Waals surface area contributed by atoms with E-state index >= 15 is 0 Å². The molecule has 1 aromatic heterocycles. The number of esters is 1. The van der Waals surface area contributed by atoms with Gasteiger partial charge in [-0.25, -0.2) is 4.98 Å². The van der Waals surface area contributed by atoms with E-state index < -0.39 is 24.4 Å². The molecule has 8 heteroatoms. The highest BCUT2D eigenvalue weighted by molar-refractivity contribution is 7.18. The molecule has 0 unspecified atom stereocenters. The van der Waals surface area contributed by atoms with E-state index in [4.69, 9.17) is 15.5 Å². The van der Waals surface area contributed by atoms with Crippen molar-refractivity contribution in [1.82, 2.24) is 10.3 Å². The molecule has 1 saturated carbocycles. The van der Waals surface area contributed by atoms with Crippen molar-refractivity contribution in [3.8, 4) is 0 Å². The van der Waals surface area contributed by atoms with Gasteiger partial charge >= 0.3 is 5.97 Å². The van der Waals surface area contributed by atoms with Crippen molar-refractivity contribution >= 4 is 39.3 Å². The van der Waals surface area contributed by atoms with Gasteiger partial charge in [0.2, 0.25) is 5.91 Å². The molecule has 0 saturated heterocycles. The van der Waals surface area contributed by atoms with Gasteiger partial charge in [0, 0.05) is 6.42 Å². The number of ether oxygens (including phenoxy) is 1. The van der Waals surface area contributed by atoms with Gasteiger partial charge in [-0.2, -0.15) is 0 Å². The van der Waals surface area contributed by atoms with Crippen molar-refractivity contribution < 1.29 is 19.1 Å². The number of carbonyl (C=O) groups is 3. The fraction of sp³-hybridized carbons (Fsp3) is 0.500. The highest BCUT2D eigenvalue weighted by Crippen LogP contribution is 2.43. The average Bonchev–Trinajstić information content (AvgIpc) is 3.07. The third kappa shape index (κ3) is 5.51. The van der Waals surface area contributed by atoms with Gasteiger partial charge < -0.3 is 15.8 Å². The monoisotopic (exact) mass is 403 g/mol. The molecule has 0 radical (unpaired) electrons. The largest absolute Gasteiger partial charge is 0.456 e. The van der Waals surface area contributed by atoms with E-state index in [-0.39, 0.29) is 18.4 Å². The fourth-order valence-corrected chi connectivity index (χ4v) is 4.92. The smallest absolute Gasteiger partial charge is 0.306 e. The number of aromatic nitrogens is 1. The number of benzene rings is 1. The van der Waals surface area contributed by atoms with Gasteiger partial charge in [-0.3, -0.25) is 14.4 Å². The molecule has 0 spiro atoms. The van der Waals surface area contributed by atoms with Crippen molar-refractivity contribution in [2.24, 2.45) is 11.1 Å². The van der Waals surface area contributed by atoms with Crippen LogP contribution in [0.4, 0.5) is 0 Å². The topological polar surface area (TPSA) is 111 Å². The summed E-state index contributed by atoms with van der Waals surface area (Å²) in [5.41, 5.74) is 5.79. The first-order valence-electron chi connectivity index (χ1n) is 9.51. The summed E-state index contributed by atoms with van der Waals surface area (Å²) in [6.07, 6.45) is 6.25. The number of nitrogens with one attached hydrogen (secondary N) is 1. The standard InChI is InChI=1S/C20H25N3O4S/c21-16(24)12-22-17(25)13-27-19(26)11-20(8-4-1-5-9-20)10-18-23-14-6-2-3-7-15(14)28-18/h2-3,6-7H,1,4-5,8-13H2,(H2,21,24)(H,22,25). The number of hydrogen-bond acceptors (Lipinski definition) is 6. The first-order chi connectivity index (χ1) is 13.5. The maximum Gasteiger partial charge on any atom is 0.306 e. The molecule has 150 valence electrons. The van der Waals surface area contributed by atoms with Gasteiger partial charge in [0.15, 0.2) is 6.61 Å². The average molecular weight is 404 g/mol. The van der Waals surface area contributed by atoms with Gasteiger partial charge in [-0.1, -0.05) is 31.4 Å². The number of carbonyl (C=O) groups excluding carboxylic acids is 3. The summed E-state index contributed by atoms with van der Waals surface area (Å²) < 4.78 is 6.29. The van der Waals surface area contributed by atoms with E-state index in [2.05, 4.69) is 11.4 Å². The minimum Gasteiger partial charge on any atom is -0.456 e. The molecule has 3 N–H and O–H groups in total. The normalized spacial score (nSPS) is 15.9. The Morgan fingerprint density at radius 1 is 1.18 bits per heavy atom. The molecule has 2 aromatic rings. The summed E-state index contributed by atoms with van der Waals surface area (Å²) in [5, 5.41) is 3.34. The Balaban J connectivity index is 1.61. The molecule has 1 heterocycles. The lowest BCUT2D eigenvalue weighted by atomic mass is 9.70. The lowest BCUT2D eigenvalue weighted by molar-refractivity contribution is -0.151. The van der Waals surface area contributed by atoms with Crippen LogP contribution in [0.25, 0.3) is 10.2 Å². The molecule has 1 aliphatic carbocycles. The van der Waals surface area contributed by atoms with Crippen LogP contribution in [0.2, 0.25) is 0 Å². The van der Waals surface area contributed by atoms with Crippen molar-refractivity contribution in [3.05, 3.63) is 29.3 Å². The Labute approximate surface area is 167 Å². The highest BCUT2D eigenvalue weighted by Gasteiger charge is 2.36. The second-order valence-corrected chi connectivity index (χ2v) is 8.51. The number of hydrogen-bond donors (Lipinski definition) is 2. The van der Waals surface area contributed by atoms with E-state index in [1.807, 2.05) is 18.2 Å². The Hall–Kier alpha value is -2.48. The quantitative estimate of drug-likeness (QED) is 0.657. The summed E-state index contributed by atoms with van der Waals surface area (Å²) in [6, 6.07) is 8.04. The minimum atomic E-state index is -0.642. The number of nitrogens with two attached hydrogens (primary N) is 1. The Kier molecular flexibility index (Phi) is 6.61. The molecule has 1 aliphatic rings. The van der Waals surface area contributed by atoms with E-state index in [1.165, 1.54) is 6.42 Å². The summed E-state index contributed by atoms with van der Waals surface area (Å²) in [7, 11) is 0.